The van der Waals surface area contributed by atoms with Gasteiger partial charge in [0.25, 0.3) is 10.1 Å². The van der Waals surface area contributed by atoms with Crippen LogP contribution in [0.5, 0.6) is 0 Å². The Labute approximate surface area is 152 Å². The quantitative estimate of drug-likeness (QED) is 0.689. The lowest BCUT2D eigenvalue weighted by molar-refractivity contribution is 0.128. The van der Waals surface area contributed by atoms with Crippen LogP contribution in [0, 0.1) is 5.92 Å². The molecule has 0 bridgehead atoms. The van der Waals surface area contributed by atoms with Gasteiger partial charge in [0.05, 0.1) is 18.9 Å². The molecule has 0 aliphatic heterocycles. The normalized spacial score (nSPS) is 24.2. The third-order valence-corrected chi connectivity index (χ3v) is 4.71. The number of hydrogen-bond donors (Lipinski definition) is 1. The highest BCUT2D eigenvalue weighted by Gasteiger charge is 2.36. The molecule has 1 aromatic rings. The first-order valence-corrected chi connectivity index (χ1v) is 10.1. The smallest absolute Gasteiger partial charge is 0.407 e. The van der Waals surface area contributed by atoms with Crippen molar-refractivity contribution in [2.24, 2.45) is 5.92 Å². The van der Waals surface area contributed by atoms with Crippen LogP contribution in [-0.2, 0) is 25.6 Å². The van der Waals surface area contributed by atoms with E-state index >= 15 is 0 Å². The largest absolute Gasteiger partial charge is 0.445 e. The van der Waals surface area contributed by atoms with Gasteiger partial charge < -0.3 is 10.1 Å². The molecule has 146 valence electrons. The molecule has 9 heteroatoms. The fourth-order valence-electron chi connectivity index (χ4n) is 2.93. The van der Waals surface area contributed by atoms with Crippen LogP contribution in [-0.4, -0.2) is 45.8 Å². The molecule has 1 unspecified atom stereocenters. The van der Waals surface area contributed by atoms with Crippen molar-refractivity contribution < 1.29 is 30.9 Å². The lowest BCUT2D eigenvalue weighted by atomic mass is 9.99. The number of hydrogen-bond acceptors (Lipinski definition) is 5. The van der Waals surface area contributed by atoms with Gasteiger partial charge in [0.2, 0.25) is 0 Å². The average Bonchev–Trinajstić information content (AvgIpc) is 2.89. The van der Waals surface area contributed by atoms with Crippen LogP contribution in [0.2, 0.25) is 0 Å². The first kappa shape index (κ1) is 20.6. The van der Waals surface area contributed by atoms with Crippen LogP contribution in [0.3, 0.4) is 0 Å². The zero-order valence-electron chi connectivity index (χ0n) is 14.4. The number of amides is 1. The van der Waals surface area contributed by atoms with Gasteiger partial charge in [-0.25, -0.2) is 13.6 Å². The van der Waals surface area contributed by atoms with Gasteiger partial charge in [-0.1, -0.05) is 30.3 Å². The van der Waals surface area contributed by atoms with Crippen molar-refractivity contribution in [3.05, 3.63) is 35.9 Å². The molecule has 1 fully saturated rings. The van der Waals surface area contributed by atoms with E-state index in [4.69, 9.17) is 8.92 Å². The predicted octanol–water partition coefficient (Wildman–Crippen LogP) is 2.73. The number of alkyl halides is 2. The van der Waals surface area contributed by atoms with Crippen molar-refractivity contribution in [2.45, 2.75) is 44.3 Å². The van der Waals surface area contributed by atoms with Crippen LogP contribution >= 0.6 is 0 Å². The Bertz CT molecular complexity index is 676. The second-order valence-corrected chi connectivity index (χ2v) is 8.14. The summed E-state index contributed by atoms with van der Waals surface area (Å²) in [5.41, 5.74) is 0.794. The van der Waals surface area contributed by atoms with Crippen molar-refractivity contribution in [1.82, 2.24) is 5.32 Å². The third-order valence-electron chi connectivity index (χ3n) is 4.15. The molecule has 0 heterocycles. The van der Waals surface area contributed by atoms with Gasteiger partial charge in [-0.15, -0.1) is 0 Å². The number of ether oxygens (including phenoxy) is 1. The molecule has 1 N–H and O–H groups in total. The summed E-state index contributed by atoms with van der Waals surface area (Å²) in [4.78, 5) is 12.0. The summed E-state index contributed by atoms with van der Waals surface area (Å²) in [6.45, 7) is -0.265. The SMILES string of the molecule is CS(=O)(=O)OC[C@H](CC1C[C@@H](F)[C@@H](F)C1)NC(=O)OCc1ccccc1. The first-order valence-electron chi connectivity index (χ1n) is 8.32. The number of carbonyl (C=O) groups excluding carboxylic acids is 1. The highest BCUT2D eigenvalue weighted by Crippen LogP contribution is 2.33. The van der Waals surface area contributed by atoms with Gasteiger partial charge in [-0.3, -0.25) is 4.18 Å². The van der Waals surface area contributed by atoms with E-state index in [1.807, 2.05) is 6.07 Å². The monoisotopic (exact) mass is 391 g/mol. The molecule has 2 rings (SSSR count). The van der Waals surface area contributed by atoms with Crippen molar-refractivity contribution >= 4 is 16.2 Å². The van der Waals surface area contributed by atoms with Gasteiger partial charge in [-0.2, -0.15) is 8.42 Å². The van der Waals surface area contributed by atoms with Gasteiger partial charge in [0.15, 0.2) is 0 Å². The van der Waals surface area contributed by atoms with E-state index < -0.39 is 34.6 Å². The molecule has 1 aromatic carbocycles. The Balaban J connectivity index is 1.88. The van der Waals surface area contributed by atoms with Crippen molar-refractivity contribution in [3.8, 4) is 0 Å². The standard InChI is InChI=1S/C17H23F2NO5S/c1-26(22,23)25-11-14(7-13-8-15(18)16(19)9-13)20-17(21)24-10-12-5-3-2-4-6-12/h2-6,13-16H,7-11H2,1H3,(H,20,21)/t13?,14-,15-,16+/m0/s1. The molecule has 0 radical (unpaired) electrons. The second kappa shape index (κ2) is 9.27. The van der Waals surface area contributed by atoms with E-state index in [9.17, 15) is 22.0 Å². The van der Waals surface area contributed by atoms with E-state index in [0.717, 1.165) is 11.8 Å². The Morgan fingerprint density at radius 1 is 1.23 bits per heavy atom. The molecular weight excluding hydrogens is 368 g/mol. The number of rotatable bonds is 8. The molecule has 0 aromatic heterocycles. The van der Waals surface area contributed by atoms with E-state index in [1.165, 1.54) is 0 Å². The summed E-state index contributed by atoms with van der Waals surface area (Å²) in [7, 11) is -3.71. The summed E-state index contributed by atoms with van der Waals surface area (Å²) < 4.78 is 58.9. The molecule has 6 nitrogen and oxygen atoms in total. The molecule has 1 aliphatic carbocycles. The fourth-order valence-corrected chi connectivity index (χ4v) is 3.34. The van der Waals surface area contributed by atoms with Gasteiger partial charge in [-0.05, 0) is 30.7 Å². The van der Waals surface area contributed by atoms with Crippen LogP contribution in [0.25, 0.3) is 0 Å². The average molecular weight is 391 g/mol. The van der Waals surface area contributed by atoms with Gasteiger partial charge >= 0.3 is 6.09 Å². The number of benzene rings is 1. The minimum atomic E-state index is -3.71. The molecule has 0 spiro atoms. The van der Waals surface area contributed by atoms with E-state index in [2.05, 4.69) is 5.32 Å². The first-order chi connectivity index (χ1) is 12.2. The fraction of sp³-hybridized carbons (Fsp3) is 0.588. The number of carbonyl (C=O) groups is 1. The Morgan fingerprint density at radius 3 is 2.42 bits per heavy atom. The van der Waals surface area contributed by atoms with Crippen molar-refractivity contribution in [3.63, 3.8) is 0 Å². The summed E-state index contributed by atoms with van der Waals surface area (Å²) in [6, 6.07) is 8.30. The molecule has 4 atom stereocenters. The number of alkyl carbamates (subject to hydrolysis) is 1. The summed E-state index contributed by atoms with van der Waals surface area (Å²) in [6.07, 6.45) is -2.63. The van der Waals surface area contributed by atoms with E-state index in [-0.39, 0.29) is 38.4 Å². The molecular formula is C17H23F2NO5S. The molecule has 0 saturated heterocycles. The van der Waals surface area contributed by atoms with Crippen molar-refractivity contribution in [1.29, 1.82) is 0 Å². The highest BCUT2D eigenvalue weighted by molar-refractivity contribution is 7.85. The summed E-state index contributed by atoms with van der Waals surface area (Å²) in [5, 5.41) is 2.52. The van der Waals surface area contributed by atoms with Gasteiger partial charge in [0.1, 0.15) is 19.0 Å². The Kier molecular flexibility index (Phi) is 7.33. The van der Waals surface area contributed by atoms with E-state index in [1.54, 1.807) is 24.3 Å². The van der Waals surface area contributed by atoms with Crippen LogP contribution in [0.15, 0.2) is 30.3 Å². The highest BCUT2D eigenvalue weighted by atomic mass is 32.2. The Morgan fingerprint density at radius 2 is 1.85 bits per heavy atom. The zero-order valence-corrected chi connectivity index (χ0v) is 15.3. The van der Waals surface area contributed by atoms with Crippen LogP contribution in [0.4, 0.5) is 13.6 Å². The van der Waals surface area contributed by atoms with E-state index in [0.29, 0.717) is 0 Å². The zero-order chi connectivity index (χ0) is 19.2. The minimum absolute atomic E-state index is 0.0390. The minimum Gasteiger partial charge on any atom is -0.445 e. The maximum Gasteiger partial charge on any atom is 0.407 e. The van der Waals surface area contributed by atoms with Crippen LogP contribution < -0.4 is 5.32 Å². The van der Waals surface area contributed by atoms with Gasteiger partial charge in [0, 0.05) is 0 Å². The summed E-state index contributed by atoms with van der Waals surface area (Å²) >= 11 is 0. The third kappa shape index (κ3) is 7.25. The van der Waals surface area contributed by atoms with Crippen LogP contribution in [0.1, 0.15) is 24.8 Å². The number of halogens is 2. The summed E-state index contributed by atoms with van der Waals surface area (Å²) in [5.74, 6) is -0.303. The predicted molar refractivity (Wildman–Crippen MR) is 91.5 cm³/mol. The maximum atomic E-state index is 13.3. The lowest BCUT2D eigenvalue weighted by Gasteiger charge is -2.21. The molecule has 1 saturated carbocycles. The van der Waals surface area contributed by atoms with Crippen molar-refractivity contribution in [2.75, 3.05) is 12.9 Å². The second-order valence-electron chi connectivity index (χ2n) is 6.50. The Hall–Kier alpha value is -1.74. The molecule has 1 aliphatic rings. The molecule has 26 heavy (non-hydrogen) atoms. The molecule has 1 amide bonds. The number of nitrogens with one attached hydrogen (secondary N) is 1. The topological polar surface area (TPSA) is 81.7 Å². The lowest BCUT2D eigenvalue weighted by Crippen LogP contribution is -2.40. The maximum absolute atomic E-state index is 13.3.